The lowest BCUT2D eigenvalue weighted by atomic mass is 10.1. The highest BCUT2D eigenvalue weighted by molar-refractivity contribution is 6.30. The van der Waals surface area contributed by atoms with Gasteiger partial charge in [-0.2, -0.15) is 0 Å². The van der Waals surface area contributed by atoms with Gasteiger partial charge in [0.15, 0.2) is 11.5 Å². The normalized spacial score (nSPS) is 11.8. The van der Waals surface area contributed by atoms with Crippen LogP contribution in [0.4, 0.5) is 0 Å². The second-order valence-electron chi connectivity index (χ2n) is 4.32. The Morgan fingerprint density at radius 2 is 2.00 bits per heavy atom. The molecule has 0 fully saturated rings. The fourth-order valence-electron chi connectivity index (χ4n) is 1.78. The largest absolute Gasteiger partial charge is 0.493 e. The summed E-state index contributed by atoms with van der Waals surface area (Å²) >= 11 is 6.18. The number of carbonyl (C=O) groups excluding carboxylic acids is 1. The molecule has 1 rings (SSSR count). The van der Waals surface area contributed by atoms with E-state index in [-0.39, 0.29) is 5.91 Å². The van der Waals surface area contributed by atoms with Crippen LogP contribution in [0.2, 0.25) is 0 Å². The third-order valence-electron chi connectivity index (χ3n) is 2.90. The summed E-state index contributed by atoms with van der Waals surface area (Å²) in [5.41, 5.74) is 0.664. The minimum absolute atomic E-state index is 0.236. The molecule has 1 unspecified atom stereocenters. The van der Waals surface area contributed by atoms with E-state index in [1.165, 1.54) is 0 Å². The smallest absolute Gasteiger partial charge is 0.242 e. The molecule has 6 heteroatoms. The van der Waals surface area contributed by atoms with Crippen LogP contribution in [0.25, 0.3) is 0 Å². The zero-order valence-corrected chi connectivity index (χ0v) is 13.4. The zero-order valence-electron chi connectivity index (χ0n) is 12.6. The molecule has 118 valence electrons. The minimum Gasteiger partial charge on any atom is -0.493 e. The van der Waals surface area contributed by atoms with Crippen LogP contribution in [0, 0.1) is 0 Å². The van der Waals surface area contributed by atoms with Crippen LogP contribution in [0.1, 0.15) is 24.3 Å². The van der Waals surface area contributed by atoms with Crippen LogP contribution < -0.4 is 14.8 Å². The Bertz CT molecular complexity index is 453. The van der Waals surface area contributed by atoms with Gasteiger partial charge in [-0.25, -0.2) is 0 Å². The van der Waals surface area contributed by atoms with Crippen LogP contribution in [-0.2, 0) is 9.53 Å². The van der Waals surface area contributed by atoms with Crippen molar-refractivity contribution in [3.8, 4) is 11.5 Å². The molecule has 1 N–H and O–H groups in total. The molecule has 21 heavy (non-hydrogen) atoms. The number of halogens is 1. The Hall–Kier alpha value is -1.46. The highest BCUT2D eigenvalue weighted by Crippen LogP contribution is 2.32. The Kier molecular flexibility index (Phi) is 7.93. The van der Waals surface area contributed by atoms with E-state index in [1.54, 1.807) is 32.4 Å². The summed E-state index contributed by atoms with van der Waals surface area (Å²) in [5.74, 6) is 0.910. The van der Waals surface area contributed by atoms with Crippen molar-refractivity contribution in [2.75, 3.05) is 34.0 Å². The highest BCUT2D eigenvalue weighted by atomic mass is 35.5. The molecule has 0 aliphatic heterocycles. The van der Waals surface area contributed by atoms with Crippen molar-refractivity contribution in [2.45, 2.75) is 18.7 Å². The van der Waals surface area contributed by atoms with Gasteiger partial charge >= 0.3 is 0 Å². The predicted octanol–water partition coefficient (Wildman–Crippen LogP) is 2.53. The quantitative estimate of drug-likeness (QED) is 0.562. The van der Waals surface area contributed by atoms with Gasteiger partial charge < -0.3 is 19.5 Å². The monoisotopic (exact) mass is 315 g/mol. The van der Waals surface area contributed by atoms with E-state index in [2.05, 4.69) is 5.32 Å². The summed E-state index contributed by atoms with van der Waals surface area (Å²) in [6.45, 7) is 3.78. The summed E-state index contributed by atoms with van der Waals surface area (Å²) < 4.78 is 15.6. The first-order valence-corrected chi connectivity index (χ1v) is 7.29. The SMILES string of the molecule is CCOCCCNC(=O)C(Cl)c1ccc(OC)c(OC)c1. The topological polar surface area (TPSA) is 56.8 Å². The molecule has 0 bridgehead atoms. The number of carbonyl (C=O) groups is 1. The third-order valence-corrected chi connectivity index (χ3v) is 3.35. The molecule has 0 aromatic heterocycles. The van der Waals surface area contributed by atoms with Gasteiger partial charge in [-0.05, 0) is 31.0 Å². The first kappa shape index (κ1) is 17.6. The standard InChI is InChI=1S/C15H22ClNO4/c1-4-21-9-5-8-17-15(18)14(16)11-6-7-12(19-2)13(10-11)20-3/h6-7,10,14H,4-5,8-9H2,1-3H3,(H,17,18). The maximum Gasteiger partial charge on any atom is 0.242 e. The van der Waals surface area contributed by atoms with Gasteiger partial charge in [0.1, 0.15) is 5.38 Å². The second-order valence-corrected chi connectivity index (χ2v) is 4.75. The lowest BCUT2D eigenvalue weighted by Gasteiger charge is -2.13. The minimum atomic E-state index is -0.767. The average molecular weight is 316 g/mol. The van der Waals surface area contributed by atoms with Crippen molar-refractivity contribution in [1.82, 2.24) is 5.32 Å². The fraction of sp³-hybridized carbons (Fsp3) is 0.533. The number of nitrogens with one attached hydrogen (secondary N) is 1. The summed E-state index contributed by atoms with van der Waals surface area (Å²) in [7, 11) is 3.10. The van der Waals surface area contributed by atoms with Crippen LogP contribution in [0.5, 0.6) is 11.5 Å². The first-order chi connectivity index (χ1) is 10.1. The van der Waals surface area contributed by atoms with E-state index >= 15 is 0 Å². The van der Waals surface area contributed by atoms with Gasteiger partial charge in [0, 0.05) is 19.8 Å². The molecule has 0 saturated carbocycles. The maximum absolute atomic E-state index is 12.0. The van der Waals surface area contributed by atoms with Crippen molar-refractivity contribution in [3.05, 3.63) is 23.8 Å². The molecule has 0 radical (unpaired) electrons. The summed E-state index contributed by atoms with van der Waals surface area (Å²) in [4.78, 5) is 12.0. The first-order valence-electron chi connectivity index (χ1n) is 6.85. The number of alkyl halides is 1. The van der Waals surface area contributed by atoms with Crippen LogP contribution in [-0.4, -0.2) is 39.9 Å². The molecule has 0 aliphatic carbocycles. The van der Waals surface area contributed by atoms with Crippen molar-refractivity contribution in [2.24, 2.45) is 0 Å². The molecule has 5 nitrogen and oxygen atoms in total. The van der Waals surface area contributed by atoms with Crippen molar-refractivity contribution in [3.63, 3.8) is 0 Å². The van der Waals surface area contributed by atoms with E-state index in [4.69, 9.17) is 25.8 Å². The fourth-order valence-corrected chi connectivity index (χ4v) is 1.99. The Morgan fingerprint density at radius 3 is 2.62 bits per heavy atom. The van der Waals surface area contributed by atoms with E-state index in [1.807, 2.05) is 6.92 Å². The van der Waals surface area contributed by atoms with E-state index in [0.29, 0.717) is 36.8 Å². The number of benzene rings is 1. The van der Waals surface area contributed by atoms with Crippen molar-refractivity contribution >= 4 is 17.5 Å². The van der Waals surface area contributed by atoms with Gasteiger partial charge in [0.25, 0.3) is 0 Å². The number of methoxy groups -OCH3 is 2. The van der Waals surface area contributed by atoms with Gasteiger partial charge in [0.05, 0.1) is 14.2 Å². The predicted molar refractivity (Wildman–Crippen MR) is 82.3 cm³/mol. The van der Waals surface area contributed by atoms with E-state index in [9.17, 15) is 4.79 Å². The molecule has 1 atom stereocenters. The number of hydrogen-bond donors (Lipinski definition) is 1. The van der Waals surface area contributed by atoms with E-state index in [0.717, 1.165) is 6.42 Å². The zero-order chi connectivity index (χ0) is 15.7. The summed E-state index contributed by atoms with van der Waals surface area (Å²) in [5, 5.41) is 2.02. The van der Waals surface area contributed by atoms with Crippen LogP contribution in [0.3, 0.4) is 0 Å². The van der Waals surface area contributed by atoms with Gasteiger partial charge in [-0.15, -0.1) is 11.6 Å². The third kappa shape index (κ3) is 5.44. The molecule has 0 spiro atoms. The lowest BCUT2D eigenvalue weighted by Crippen LogP contribution is -2.28. The number of rotatable bonds is 9. The molecular weight excluding hydrogens is 294 g/mol. The highest BCUT2D eigenvalue weighted by Gasteiger charge is 2.19. The number of ether oxygens (including phenoxy) is 3. The summed E-state index contributed by atoms with van der Waals surface area (Å²) in [6, 6.07) is 5.18. The Labute approximate surface area is 130 Å². The second kappa shape index (κ2) is 9.47. The molecule has 1 aromatic carbocycles. The van der Waals surface area contributed by atoms with Crippen LogP contribution >= 0.6 is 11.6 Å². The lowest BCUT2D eigenvalue weighted by molar-refractivity contribution is -0.120. The van der Waals surface area contributed by atoms with E-state index < -0.39 is 5.38 Å². The Morgan fingerprint density at radius 1 is 1.29 bits per heavy atom. The van der Waals surface area contributed by atoms with Crippen LogP contribution in [0.15, 0.2) is 18.2 Å². The van der Waals surface area contributed by atoms with Gasteiger partial charge in [-0.3, -0.25) is 4.79 Å². The van der Waals surface area contributed by atoms with Gasteiger partial charge in [0.2, 0.25) is 5.91 Å². The molecule has 1 amide bonds. The molecular formula is C15H22ClNO4. The molecule has 0 saturated heterocycles. The number of amides is 1. The van der Waals surface area contributed by atoms with Crippen molar-refractivity contribution in [1.29, 1.82) is 0 Å². The molecule has 0 heterocycles. The summed E-state index contributed by atoms with van der Waals surface area (Å²) in [6.07, 6.45) is 0.759. The van der Waals surface area contributed by atoms with Gasteiger partial charge in [-0.1, -0.05) is 6.07 Å². The maximum atomic E-state index is 12.0. The molecule has 1 aromatic rings. The average Bonchev–Trinajstić information content (AvgIpc) is 2.53. The Balaban J connectivity index is 2.57. The molecule has 0 aliphatic rings. The van der Waals surface area contributed by atoms with Crippen molar-refractivity contribution < 1.29 is 19.0 Å². The number of hydrogen-bond acceptors (Lipinski definition) is 4.